The smallest absolute Gasteiger partial charge is 0.376 e. The van der Waals surface area contributed by atoms with Crippen molar-refractivity contribution < 1.29 is 24.1 Å². The summed E-state index contributed by atoms with van der Waals surface area (Å²) in [7, 11) is -0.602. The first-order valence-corrected chi connectivity index (χ1v) is 8.80. The van der Waals surface area contributed by atoms with Gasteiger partial charge in [-0.25, -0.2) is 0 Å². The van der Waals surface area contributed by atoms with Crippen molar-refractivity contribution in [2.75, 3.05) is 19.7 Å². The van der Waals surface area contributed by atoms with E-state index in [2.05, 4.69) is 0 Å². The SMILES string of the molecule is CCOC(=O)[C@@]1(C)CN(B(C)O)C[C@H]1CCCC(=O)OC(C)(C)C. The third-order valence-electron chi connectivity index (χ3n) is 4.51. The van der Waals surface area contributed by atoms with Crippen molar-refractivity contribution in [3.63, 3.8) is 0 Å². The summed E-state index contributed by atoms with van der Waals surface area (Å²) in [4.78, 5) is 26.1. The van der Waals surface area contributed by atoms with Gasteiger partial charge in [0.15, 0.2) is 0 Å². The molecule has 0 aromatic carbocycles. The van der Waals surface area contributed by atoms with Crippen molar-refractivity contribution in [3.05, 3.63) is 0 Å². The molecule has 6 nitrogen and oxygen atoms in total. The minimum atomic E-state index is -0.652. The first-order valence-electron chi connectivity index (χ1n) is 8.80. The number of ether oxygens (including phenoxy) is 2. The number of rotatable bonds is 7. The fourth-order valence-electron chi connectivity index (χ4n) is 3.21. The highest BCUT2D eigenvalue weighted by Gasteiger charge is 2.50. The Hall–Kier alpha value is -1.08. The molecular weight excluding hydrogens is 309 g/mol. The minimum Gasteiger partial charge on any atom is -0.466 e. The van der Waals surface area contributed by atoms with E-state index in [9.17, 15) is 14.6 Å². The maximum absolute atomic E-state index is 12.4. The van der Waals surface area contributed by atoms with Gasteiger partial charge in [0.05, 0.1) is 12.0 Å². The molecule has 0 unspecified atom stereocenters. The van der Waals surface area contributed by atoms with Crippen LogP contribution in [0.1, 0.15) is 53.9 Å². The van der Waals surface area contributed by atoms with Crippen molar-refractivity contribution in [2.24, 2.45) is 11.3 Å². The predicted molar refractivity (Wildman–Crippen MR) is 93.3 cm³/mol. The molecule has 1 aliphatic heterocycles. The number of esters is 2. The Morgan fingerprint density at radius 3 is 2.50 bits per heavy atom. The van der Waals surface area contributed by atoms with Gasteiger partial charge in [0.1, 0.15) is 5.60 Å². The van der Waals surface area contributed by atoms with Gasteiger partial charge in [-0.2, -0.15) is 0 Å². The molecule has 1 heterocycles. The second-order valence-corrected chi connectivity index (χ2v) is 7.87. The Balaban J connectivity index is 2.65. The molecule has 0 saturated carbocycles. The van der Waals surface area contributed by atoms with Crippen LogP contribution in [-0.2, 0) is 19.1 Å². The quantitative estimate of drug-likeness (QED) is 0.565. The molecular formula is C17H32BNO5. The van der Waals surface area contributed by atoms with Gasteiger partial charge in [0, 0.05) is 13.0 Å². The summed E-state index contributed by atoms with van der Waals surface area (Å²) in [5.74, 6) is -0.394. The van der Waals surface area contributed by atoms with Gasteiger partial charge in [0.25, 0.3) is 0 Å². The fraction of sp³-hybridized carbons (Fsp3) is 0.882. The molecule has 0 aromatic rings. The van der Waals surface area contributed by atoms with Gasteiger partial charge in [-0.05, 0) is 66.7 Å². The van der Waals surface area contributed by atoms with Crippen molar-refractivity contribution >= 4 is 19.0 Å². The first-order chi connectivity index (χ1) is 11.0. The van der Waals surface area contributed by atoms with Crippen LogP contribution in [0.25, 0.3) is 0 Å². The average Bonchev–Trinajstić information content (AvgIpc) is 2.76. The number of carbonyl (C=O) groups is 2. The van der Waals surface area contributed by atoms with Crippen LogP contribution < -0.4 is 0 Å². The van der Waals surface area contributed by atoms with Crippen molar-refractivity contribution in [1.29, 1.82) is 0 Å². The van der Waals surface area contributed by atoms with Crippen LogP contribution in [0.3, 0.4) is 0 Å². The van der Waals surface area contributed by atoms with Crippen LogP contribution in [0.5, 0.6) is 0 Å². The fourth-order valence-corrected chi connectivity index (χ4v) is 3.21. The monoisotopic (exact) mass is 341 g/mol. The highest BCUT2D eigenvalue weighted by atomic mass is 16.6. The molecule has 7 heteroatoms. The molecule has 138 valence electrons. The first kappa shape index (κ1) is 21.0. The summed E-state index contributed by atoms with van der Waals surface area (Å²) in [5.41, 5.74) is -1.13. The number of hydrogen-bond acceptors (Lipinski definition) is 6. The third-order valence-corrected chi connectivity index (χ3v) is 4.51. The van der Waals surface area contributed by atoms with Gasteiger partial charge in [-0.15, -0.1) is 0 Å². The van der Waals surface area contributed by atoms with Gasteiger partial charge in [-0.1, -0.05) is 0 Å². The summed E-state index contributed by atoms with van der Waals surface area (Å²) < 4.78 is 10.6. The van der Waals surface area contributed by atoms with Gasteiger partial charge in [0.2, 0.25) is 0 Å². The van der Waals surface area contributed by atoms with E-state index < -0.39 is 18.1 Å². The normalized spacial score (nSPS) is 24.7. The third kappa shape index (κ3) is 5.78. The lowest BCUT2D eigenvalue weighted by Crippen LogP contribution is -2.40. The molecule has 0 spiro atoms. The van der Waals surface area contributed by atoms with Gasteiger partial charge < -0.3 is 19.3 Å². The van der Waals surface area contributed by atoms with Gasteiger partial charge >= 0.3 is 19.0 Å². The lowest BCUT2D eigenvalue weighted by molar-refractivity contribution is -0.156. The van der Waals surface area contributed by atoms with Crippen molar-refractivity contribution in [3.8, 4) is 0 Å². The predicted octanol–water partition coefficient (Wildman–Crippen LogP) is 2.11. The highest BCUT2D eigenvalue weighted by Crippen LogP contribution is 2.40. The minimum absolute atomic E-state index is 0.0496. The maximum Gasteiger partial charge on any atom is 0.376 e. The number of hydrogen-bond donors (Lipinski definition) is 1. The Morgan fingerprint density at radius 1 is 1.38 bits per heavy atom. The number of nitrogens with zero attached hydrogens (tertiary/aromatic N) is 1. The van der Waals surface area contributed by atoms with E-state index in [0.29, 0.717) is 32.5 Å². The van der Waals surface area contributed by atoms with Crippen molar-refractivity contribution in [1.82, 2.24) is 4.81 Å². The van der Waals surface area contributed by atoms with E-state index >= 15 is 0 Å². The molecule has 0 radical (unpaired) electrons. The topological polar surface area (TPSA) is 76.1 Å². The molecule has 1 rings (SSSR count). The lowest BCUT2D eigenvalue weighted by atomic mass is 9.77. The largest absolute Gasteiger partial charge is 0.466 e. The summed E-state index contributed by atoms with van der Waals surface area (Å²) in [6.45, 7) is 12.4. The summed E-state index contributed by atoms with van der Waals surface area (Å²) in [5, 5.41) is 9.85. The molecule has 0 bridgehead atoms. The number of carbonyl (C=O) groups excluding carboxylic acids is 2. The summed E-state index contributed by atoms with van der Waals surface area (Å²) in [6.07, 6.45) is 1.71. The Morgan fingerprint density at radius 2 is 2.00 bits per heavy atom. The van der Waals surface area contributed by atoms with E-state index in [4.69, 9.17) is 9.47 Å². The van der Waals surface area contributed by atoms with E-state index in [1.807, 2.05) is 32.5 Å². The molecule has 1 N–H and O–H groups in total. The zero-order valence-electron chi connectivity index (χ0n) is 15.9. The second kappa shape index (κ2) is 8.34. The molecule has 0 aromatic heterocycles. The zero-order chi connectivity index (χ0) is 18.5. The Labute approximate surface area is 146 Å². The highest BCUT2D eigenvalue weighted by molar-refractivity contribution is 6.45. The zero-order valence-corrected chi connectivity index (χ0v) is 15.9. The second-order valence-electron chi connectivity index (χ2n) is 7.87. The summed E-state index contributed by atoms with van der Waals surface area (Å²) >= 11 is 0. The van der Waals surface area contributed by atoms with E-state index in [1.165, 1.54) is 0 Å². The van der Waals surface area contributed by atoms with Crippen LogP contribution in [0, 0.1) is 11.3 Å². The van der Waals surface area contributed by atoms with Crippen LogP contribution >= 0.6 is 0 Å². The Kier molecular flexibility index (Phi) is 7.29. The molecule has 1 saturated heterocycles. The molecule has 1 fully saturated rings. The molecule has 1 aliphatic rings. The van der Waals surface area contributed by atoms with Crippen LogP contribution in [0.15, 0.2) is 0 Å². The molecule has 0 amide bonds. The summed E-state index contributed by atoms with van der Waals surface area (Å²) in [6, 6.07) is 0. The molecule has 2 atom stereocenters. The standard InChI is InChI=1S/C17H32BNO5/c1-7-23-15(21)17(5)12-19(18(6)22)11-13(17)9-8-10-14(20)24-16(2,3)4/h13,22H,7-12H2,1-6H3/t13-,17+/m1/s1. The van der Waals surface area contributed by atoms with Crippen LogP contribution in [0.4, 0.5) is 0 Å². The van der Waals surface area contributed by atoms with E-state index in [0.717, 1.165) is 6.42 Å². The van der Waals surface area contributed by atoms with E-state index in [1.54, 1.807) is 13.7 Å². The van der Waals surface area contributed by atoms with Gasteiger partial charge in [-0.3, -0.25) is 9.59 Å². The van der Waals surface area contributed by atoms with Crippen LogP contribution in [0.2, 0.25) is 6.82 Å². The lowest BCUT2D eigenvalue weighted by Gasteiger charge is -2.28. The average molecular weight is 341 g/mol. The molecule has 0 aliphatic carbocycles. The molecule has 24 heavy (non-hydrogen) atoms. The maximum atomic E-state index is 12.4. The van der Waals surface area contributed by atoms with E-state index in [-0.39, 0.29) is 17.9 Å². The van der Waals surface area contributed by atoms with Crippen LogP contribution in [-0.4, -0.2) is 54.1 Å². The Bertz CT molecular complexity index is 449. The van der Waals surface area contributed by atoms with Crippen molar-refractivity contribution in [2.45, 2.75) is 66.3 Å².